The molecule has 0 saturated carbocycles. The Kier molecular flexibility index (Phi) is 8.67. The molecule has 0 aliphatic carbocycles. The maximum Gasteiger partial charge on any atom is 0.416 e. The minimum atomic E-state index is -4.66. The van der Waals surface area contributed by atoms with Gasteiger partial charge in [0.05, 0.1) is 11.1 Å². The Morgan fingerprint density at radius 1 is 1.06 bits per heavy atom. The van der Waals surface area contributed by atoms with E-state index in [0.717, 1.165) is 11.6 Å². The normalized spacial score (nSPS) is 16.1. The fraction of sp³-hybridized carbons (Fsp3) is 0.400. The molecule has 3 rings (SSSR count). The summed E-state index contributed by atoms with van der Waals surface area (Å²) >= 11 is 0. The summed E-state index contributed by atoms with van der Waals surface area (Å²) in [7, 11) is 0. The average Bonchev–Trinajstić information content (AvgIpc) is 2.77. The first-order valence-corrected chi connectivity index (χ1v) is 10.9. The van der Waals surface area contributed by atoms with Crippen molar-refractivity contribution < 1.29 is 22.8 Å². The molecular weight excluding hydrogens is 459 g/mol. The quantitative estimate of drug-likeness (QED) is 0.436. The molecule has 0 bridgehead atoms. The van der Waals surface area contributed by atoms with Crippen LogP contribution in [0.1, 0.15) is 60.2 Å². The number of carbonyl (C=O) groups is 2. The predicted molar refractivity (Wildman–Crippen MR) is 130 cm³/mol. The van der Waals surface area contributed by atoms with Crippen LogP contribution in [0.2, 0.25) is 0 Å². The fourth-order valence-corrected chi connectivity index (χ4v) is 4.32. The van der Waals surface area contributed by atoms with E-state index in [0.29, 0.717) is 19.3 Å². The maximum absolute atomic E-state index is 13.8. The second-order valence-electron chi connectivity index (χ2n) is 8.79. The van der Waals surface area contributed by atoms with E-state index in [1.54, 1.807) is 11.8 Å². The molecule has 7 nitrogen and oxygen atoms in total. The van der Waals surface area contributed by atoms with Gasteiger partial charge in [0.2, 0.25) is 5.91 Å². The van der Waals surface area contributed by atoms with Crippen LogP contribution in [0.3, 0.4) is 0 Å². The molecule has 1 atom stereocenters. The summed E-state index contributed by atoms with van der Waals surface area (Å²) in [6.45, 7) is 2.25. The van der Waals surface area contributed by atoms with Gasteiger partial charge in [-0.2, -0.15) is 18.2 Å². The van der Waals surface area contributed by atoms with Gasteiger partial charge < -0.3 is 22.1 Å². The summed E-state index contributed by atoms with van der Waals surface area (Å²) in [5, 5.41) is 0. The van der Waals surface area contributed by atoms with Crippen molar-refractivity contribution in [1.29, 1.82) is 0 Å². The number of alkyl halides is 3. The number of benzene rings is 2. The SMILES string of the molecule is C.C[C@@](N)(Cc1ccccc1)C(=O)N1CCC(c2ccc(C(=O)N=C(N)N)cc2C(F)(F)F)CC1. The van der Waals surface area contributed by atoms with Crippen molar-refractivity contribution in [3.63, 3.8) is 0 Å². The Hall–Kier alpha value is -3.40. The molecule has 0 radical (unpaired) electrons. The molecule has 0 aromatic heterocycles. The second-order valence-corrected chi connectivity index (χ2v) is 8.79. The number of likely N-dealkylation sites (tertiary alicyclic amines) is 1. The highest BCUT2D eigenvalue weighted by atomic mass is 19.4. The van der Waals surface area contributed by atoms with Crippen molar-refractivity contribution in [1.82, 2.24) is 4.90 Å². The molecule has 6 N–H and O–H groups in total. The van der Waals surface area contributed by atoms with E-state index >= 15 is 0 Å². The lowest BCUT2D eigenvalue weighted by Gasteiger charge is -2.37. The van der Waals surface area contributed by atoms with Gasteiger partial charge in [-0.05, 0) is 55.4 Å². The molecule has 190 valence electrons. The number of guanidine groups is 1. The number of aliphatic imine (C=N–C) groups is 1. The topological polar surface area (TPSA) is 128 Å². The number of nitrogens with zero attached hydrogens (tertiary/aromatic N) is 2. The van der Waals surface area contributed by atoms with Gasteiger partial charge in [0.15, 0.2) is 5.96 Å². The standard InChI is InChI=1S/C24H28F3N5O2.CH4/c1-23(30,14-15-5-3-2-4-6-15)21(34)32-11-9-16(10-12-32)18-8-7-17(20(33)31-22(28)29)13-19(18)24(25,26)27;/h2-8,13,16H,9-12,14,30H2,1H3,(H4,28,29,31,33);1H4/t23-;/m1./s1. The molecule has 2 aromatic rings. The first-order valence-electron chi connectivity index (χ1n) is 10.9. The molecule has 0 unspecified atom stereocenters. The van der Waals surface area contributed by atoms with Crippen LogP contribution in [0.4, 0.5) is 13.2 Å². The molecular formula is C25H32F3N5O2. The van der Waals surface area contributed by atoms with Crippen LogP contribution in [0.15, 0.2) is 53.5 Å². The molecule has 35 heavy (non-hydrogen) atoms. The summed E-state index contributed by atoms with van der Waals surface area (Å²) in [6.07, 6.45) is -3.62. The summed E-state index contributed by atoms with van der Waals surface area (Å²) in [4.78, 5) is 30.0. The van der Waals surface area contributed by atoms with Gasteiger partial charge in [-0.3, -0.25) is 9.59 Å². The summed E-state index contributed by atoms with van der Waals surface area (Å²) in [6, 6.07) is 12.8. The first kappa shape index (κ1) is 27.8. The third-order valence-electron chi connectivity index (χ3n) is 5.96. The van der Waals surface area contributed by atoms with Gasteiger partial charge in [-0.25, -0.2) is 0 Å². The number of nitrogens with two attached hydrogens (primary N) is 3. The van der Waals surface area contributed by atoms with E-state index in [1.807, 2.05) is 30.3 Å². The Labute approximate surface area is 203 Å². The number of hydrogen-bond donors (Lipinski definition) is 3. The lowest BCUT2D eigenvalue weighted by Crippen LogP contribution is -2.56. The maximum atomic E-state index is 13.8. The van der Waals surface area contributed by atoms with Crippen LogP contribution >= 0.6 is 0 Å². The number of piperidine rings is 1. The van der Waals surface area contributed by atoms with Crippen LogP contribution in [0, 0.1) is 0 Å². The predicted octanol–water partition coefficient (Wildman–Crippen LogP) is 3.42. The van der Waals surface area contributed by atoms with Crippen LogP contribution in [0.25, 0.3) is 0 Å². The van der Waals surface area contributed by atoms with Crippen LogP contribution in [-0.4, -0.2) is 41.3 Å². The van der Waals surface area contributed by atoms with Crippen molar-refractivity contribution in [3.05, 3.63) is 70.8 Å². The van der Waals surface area contributed by atoms with Crippen molar-refractivity contribution in [3.8, 4) is 0 Å². The zero-order valence-electron chi connectivity index (χ0n) is 18.8. The smallest absolute Gasteiger partial charge is 0.370 e. The van der Waals surface area contributed by atoms with Crippen molar-refractivity contribution >= 4 is 17.8 Å². The van der Waals surface area contributed by atoms with Gasteiger partial charge >= 0.3 is 6.18 Å². The fourth-order valence-electron chi connectivity index (χ4n) is 4.32. The van der Waals surface area contributed by atoms with E-state index in [-0.39, 0.29) is 37.6 Å². The zero-order valence-corrected chi connectivity index (χ0v) is 18.8. The van der Waals surface area contributed by atoms with Crippen LogP contribution in [-0.2, 0) is 17.4 Å². The van der Waals surface area contributed by atoms with Gasteiger partial charge in [-0.15, -0.1) is 0 Å². The lowest BCUT2D eigenvalue weighted by atomic mass is 9.84. The molecule has 1 aliphatic rings. The highest BCUT2D eigenvalue weighted by Crippen LogP contribution is 2.39. The third kappa shape index (κ3) is 6.82. The second kappa shape index (κ2) is 10.9. The van der Waals surface area contributed by atoms with Gasteiger partial charge in [0.1, 0.15) is 0 Å². The molecule has 2 aromatic carbocycles. The van der Waals surface area contributed by atoms with Crippen molar-refractivity contribution in [2.75, 3.05) is 13.1 Å². The molecule has 1 saturated heterocycles. The summed E-state index contributed by atoms with van der Waals surface area (Å²) in [5.41, 5.74) is 15.4. The number of amides is 2. The van der Waals surface area contributed by atoms with E-state index in [2.05, 4.69) is 4.99 Å². The lowest BCUT2D eigenvalue weighted by molar-refractivity contribution is -0.140. The van der Waals surface area contributed by atoms with E-state index < -0.39 is 35.1 Å². The number of hydrogen-bond acceptors (Lipinski definition) is 3. The monoisotopic (exact) mass is 491 g/mol. The van der Waals surface area contributed by atoms with E-state index in [4.69, 9.17) is 17.2 Å². The van der Waals surface area contributed by atoms with Crippen molar-refractivity contribution in [2.24, 2.45) is 22.2 Å². The van der Waals surface area contributed by atoms with Crippen molar-refractivity contribution in [2.45, 2.75) is 51.2 Å². The van der Waals surface area contributed by atoms with Gasteiger partial charge in [0.25, 0.3) is 5.91 Å². The highest BCUT2D eigenvalue weighted by molar-refractivity contribution is 6.02. The summed E-state index contributed by atoms with van der Waals surface area (Å²) < 4.78 is 41.4. The van der Waals surface area contributed by atoms with Crippen LogP contribution < -0.4 is 17.2 Å². The van der Waals surface area contributed by atoms with Gasteiger partial charge in [-0.1, -0.05) is 43.8 Å². The largest absolute Gasteiger partial charge is 0.416 e. The molecule has 1 heterocycles. The number of halogens is 3. The molecule has 2 amide bonds. The van der Waals surface area contributed by atoms with Crippen LogP contribution in [0.5, 0.6) is 0 Å². The van der Waals surface area contributed by atoms with Gasteiger partial charge in [0, 0.05) is 18.7 Å². The Morgan fingerprint density at radius 3 is 2.20 bits per heavy atom. The number of carbonyl (C=O) groups excluding carboxylic acids is 2. The summed E-state index contributed by atoms with van der Waals surface area (Å²) in [5.74, 6) is -2.13. The van der Waals surface area contributed by atoms with E-state index in [9.17, 15) is 22.8 Å². The molecule has 10 heteroatoms. The van der Waals surface area contributed by atoms with E-state index in [1.165, 1.54) is 12.1 Å². The minimum Gasteiger partial charge on any atom is -0.370 e. The zero-order chi connectivity index (χ0) is 25.1. The molecule has 1 fully saturated rings. The molecule has 0 spiro atoms. The Bertz CT molecular complexity index is 1070. The average molecular weight is 492 g/mol. The Balaban J connectivity index is 0.00000432. The molecule has 1 aliphatic heterocycles. The number of rotatable bonds is 5. The highest BCUT2D eigenvalue weighted by Gasteiger charge is 2.39. The third-order valence-corrected chi connectivity index (χ3v) is 5.96. The minimum absolute atomic E-state index is 0. The Morgan fingerprint density at radius 2 is 1.66 bits per heavy atom. The first-order chi connectivity index (χ1) is 15.9.